The Morgan fingerprint density at radius 1 is 1.15 bits per heavy atom. The van der Waals surface area contributed by atoms with Gasteiger partial charge in [-0.25, -0.2) is 0 Å². The molecular formula is C22H26N2O3. The average molecular weight is 366 g/mol. The van der Waals surface area contributed by atoms with Crippen LogP contribution in [0.5, 0.6) is 0 Å². The Hall–Kier alpha value is -2.23. The van der Waals surface area contributed by atoms with Gasteiger partial charge in [-0.1, -0.05) is 60.7 Å². The third kappa shape index (κ3) is 4.37. The summed E-state index contributed by atoms with van der Waals surface area (Å²) >= 11 is 0. The van der Waals surface area contributed by atoms with Crippen molar-refractivity contribution in [1.82, 2.24) is 5.32 Å². The van der Waals surface area contributed by atoms with Crippen LogP contribution in [0, 0.1) is 11.3 Å². The molecule has 0 aromatic heterocycles. The lowest BCUT2D eigenvalue weighted by Crippen LogP contribution is -2.58. The van der Waals surface area contributed by atoms with Gasteiger partial charge in [0.05, 0.1) is 25.3 Å². The molecular weight excluding hydrogens is 340 g/mol. The topological polar surface area (TPSA) is 63.5 Å². The summed E-state index contributed by atoms with van der Waals surface area (Å²) in [6, 6.07) is 21.9. The number of methoxy groups -OCH3 is 1. The van der Waals surface area contributed by atoms with Crippen LogP contribution in [0.1, 0.15) is 31.1 Å². The Balaban J connectivity index is 1.95. The molecule has 1 aliphatic heterocycles. The molecule has 2 aromatic rings. The molecule has 0 amide bonds. The summed E-state index contributed by atoms with van der Waals surface area (Å²) in [5, 5.41) is 13.6. The van der Waals surface area contributed by atoms with Crippen molar-refractivity contribution in [2.45, 2.75) is 37.3 Å². The van der Waals surface area contributed by atoms with Crippen molar-refractivity contribution in [3.8, 4) is 6.07 Å². The first-order valence-corrected chi connectivity index (χ1v) is 9.10. The number of hydrogen-bond acceptors (Lipinski definition) is 5. The maximum Gasteiger partial charge on any atom is 0.163 e. The van der Waals surface area contributed by atoms with E-state index in [0.29, 0.717) is 6.61 Å². The van der Waals surface area contributed by atoms with E-state index < -0.39 is 11.3 Å². The Kier molecular flexibility index (Phi) is 5.93. The summed E-state index contributed by atoms with van der Waals surface area (Å²) in [6.07, 6.45) is -0.247. The van der Waals surface area contributed by atoms with E-state index in [1.165, 1.54) is 0 Å². The maximum atomic E-state index is 10.1. The van der Waals surface area contributed by atoms with Crippen LogP contribution >= 0.6 is 0 Å². The molecule has 5 nitrogen and oxygen atoms in total. The third-order valence-electron chi connectivity index (χ3n) is 4.76. The molecule has 0 bridgehead atoms. The van der Waals surface area contributed by atoms with Crippen LogP contribution in [0.25, 0.3) is 0 Å². The zero-order chi connectivity index (χ0) is 19.3. The number of benzene rings is 2. The van der Waals surface area contributed by atoms with Crippen molar-refractivity contribution in [3.05, 3.63) is 71.8 Å². The highest BCUT2D eigenvalue weighted by Crippen LogP contribution is 2.35. The van der Waals surface area contributed by atoms with Crippen molar-refractivity contribution in [2.24, 2.45) is 0 Å². The molecule has 0 radical (unpaired) electrons. The minimum Gasteiger partial charge on any atom is -0.381 e. The summed E-state index contributed by atoms with van der Waals surface area (Å²) in [4.78, 5) is 0. The molecule has 3 atom stereocenters. The summed E-state index contributed by atoms with van der Waals surface area (Å²) in [7, 11) is 1.60. The zero-order valence-corrected chi connectivity index (χ0v) is 16.0. The van der Waals surface area contributed by atoms with Crippen molar-refractivity contribution in [1.29, 1.82) is 5.26 Å². The number of ether oxygens (including phenoxy) is 3. The normalized spacial score (nSPS) is 23.9. The first-order valence-electron chi connectivity index (χ1n) is 9.10. The van der Waals surface area contributed by atoms with Crippen molar-refractivity contribution in [2.75, 3.05) is 20.3 Å². The van der Waals surface area contributed by atoms with Gasteiger partial charge in [-0.2, -0.15) is 5.26 Å². The van der Waals surface area contributed by atoms with E-state index in [9.17, 15) is 5.26 Å². The molecule has 0 saturated carbocycles. The summed E-state index contributed by atoms with van der Waals surface area (Å²) < 4.78 is 17.6. The minimum absolute atomic E-state index is 0.213. The molecule has 3 rings (SSSR count). The van der Waals surface area contributed by atoms with Crippen molar-refractivity contribution in [3.63, 3.8) is 0 Å². The number of rotatable bonds is 6. The molecule has 2 aromatic carbocycles. The quantitative estimate of drug-likeness (QED) is 0.847. The standard InChI is InChI=1S/C22H26N2O3/c1-21(2)26-14-19(20(27-21)17-10-6-4-7-11-17)24-22(15-23,16-25-3)18-12-8-5-9-13-18/h4-13,19-20,24H,14,16H2,1-3H3/t19-,20-,22+/m0/s1. The van der Waals surface area contributed by atoms with Gasteiger partial charge in [-0.3, -0.25) is 5.32 Å². The van der Waals surface area contributed by atoms with E-state index in [2.05, 4.69) is 11.4 Å². The molecule has 0 unspecified atom stereocenters. The Morgan fingerprint density at radius 3 is 2.37 bits per heavy atom. The Labute approximate surface area is 160 Å². The fraction of sp³-hybridized carbons (Fsp3) is 0.409. The van der Waals surface area contributed by atoms with E-state index in [0.717, 1.165) is 11.1 Å². The summed E-state index contributed by atoms with van der Waals surface area (Å²) in [5.74, 6) is -0.692. The largest absolute Gasteiger partial charge is 0.381 e. The fourth-order valence-corrected chi connectivity index (χ4v) is 3.45. The number of nitrogens with zero attached hydrogens (tertiary/aromatic N) is 1. The van der Waals surface area contributed by atoms with Gasteiger partial charge >= 0.3 is 0 Å². The number of nitrogens with one attached hydrogen (secondary N) is 1. The van der Waals surface area contributed by atoms with Gasteiger partial charge in [0.25, 0.3) is 0 Å². The molecule has 0 aliphatic carbocycles. The summed E-state index contributed by atoms with van der Waals surface area (Å²) in [5.41, 5.74) is 0.900. The van der Waals surface area contributed by atoms with Crippen LogP contribution in [-0.4, -0.2) is 32.2 Å². The Bertz CT molecular complexity index is 773. The second kappa shape index (κ2) is 8.20. The molecule has 27 heavy (non-hydrogen) atoms. The van der Waals surface area contributed by atoms with Gasteiger partial charge < -0.3 is 14.2 Å². The predicted molar refractivity (Wildman–Crippen MR) is 103 cm³/mol. The van der Waals surface area contributed by atoms with Crippen LogP contribution in [0.3, 0.4) is 0 Å². The first kappa shape index (κ1) is 19.5. The molecule has 5 heteroatoms. The second-order valence-electron chi connectivity index (χ2n) is 7.23. The van der Waals surface area contributed by atoms with Crippen molar-refractivity contribution >= 4 is 0 Å². The molecule has 1 saturated heterocycles. The van der Waals surface area contributed by atoms with Crippen LogP contribution < -0.4 is 5.32 Å². The fourth-order valence-electron chi connectivity index (χ4n) is 3.45. The molecule has 1 heterocycles. The van der Waals surface area contributed by atoms with Gasteiger partial charge in [0.15, 0.2) is 11.3 Å². The molecule has 1 N–H and O–H groups in total. The smallest absolute Gasteiger partial charge is 0.163 e. The van der Waals surface area contributed by atoms with E-state index >= 15 is 0 Å². The van der Waals surface area contributed by atoms with Crippen molar-refractivity contribution < 1.29 is 14.2 Å². The SMILES string of the molecule is COC[C@@](C#N)(N[C@H]1COC(C)(C)O[C@H]1c1ccccc1)c1ccccc1. The van der Waals surface area contributed by atoms with E-state index in [4.69, 9.17) is 14.2 Å². The molecule has 142 valence electrons. The highest BCUT2D eigenvalue weighted by Gasteiger charge is 2.43. The molecule has 0 spiro atoms. The Morgan fingerprint density at radius 2 is 1.78 bits per heavy atom. The minimum atomic E-state index is -0.998. The lowest BCUT2D eigenvalue weighted by molar-refractivity contribution is -0.287. The van der Waals surface area contributed by atoms with Gasteiger partial charge in [-0.15, -0.1) is 0 Å². The second-order valence-corrected chi connectivity index (χ2v) is 7.23. The monoisotopic (exact) mass is 366 g/mol. The van der Waals surface area contributed by atoms with Gasteiger partial charge in [-0.05, 0) is 25.0 Å². The van der Waals surface area contributed by atoms with Crippen LogP contribution in [0.2, 0.25) is 0 Å². The van der Waals surface area contributed by atoms with Crippen LogP contribution in [-0.2, 0) is 19.7 Å². The van der Waals surface area contributed by atoms with E-state index in [-0.39, 0.29) is 18.8 Å². The van der Waals surface area contributed by atoms with Crippen LogP contribution in [0.4, 0.5) is 0 Å². The number of hydrogen-bond donors (Lipinski definition) is 1. The maximum absolute atomic E-state index is 10.1. The zero-order valence-electron chi connectivity index (χ0n) is 16.0. The molecule has 1 aliphatic rings. The summed E-state index contributed by atoms with van der Waals surface area (Å²) in [6.45, 7) is 4.45. The highest BCUT2D eigenvalue weighted by atomic mass is 16.7. The first-order chi connectivity index (χ1) is 13.0. The average Bonchev–Trinajstić information content (AvgIpc) is 2.70. The lowest BCUT2D eigenvalue weighted by Gasteiger charge is -2.44. The van der Waals surface area contributed by atoms with E-state index in [1.807, 2.05) is 74.5 Å². The van der Waals surface area contributed by atoms with Gasteiger partial charge in [0, 0.05) is 7.11 Å². The van der Waals surface area contributed by atoms with Gasteiger partial charge in [0.2, 0.25) is 0 Å². The number of nitriles is 1. The van der Waals surface area contributed by atoms with Gasteiger partial charge in [0.1, 0.15) is 6.10 Å². The lowest BCUT2D eigenvalue weighted by atomic mass is 9.89. The van der Waals surface area contributed by atoms with Crippen LogP contribution in [0.15, 0.2) is 60.7 Å². The van der Waals surface area contributed by atoms with E-state index in [1.54, 1.807) is 7.11 Å². The predicted octanol–water partition coefficient (Wildman–Crippen LogP) is 3.53. The third-order valence-corrected chi connectivity index (χ3v) is 4.76. The molecule has 1 fully saturated rings. The highest BCUT2D eigenvalue weighted by molar-refractivity contribution is 5.32.